The molecule has 0 aliphatic rings. The van der Waals surface area contributed by atoms with Crippen LogP contribution < -0.4 is 0 Å². The highest BCUT2D eigenvalue weighted by Gasteiger charge is 2.21. The zero-order chi connectivity index (χ0) is 8.91. The van der Waals surface area contributed by atoms with E-state index in [1.165, 1.54) is 6.08 Å². The predicted octanol–water partition coefficient (Wildman–Crippen LogP) is 1.58. The van der Waals surface area contributed by atoms with Crippen molar-refractivity contribution in [2.75, 3.05) is 20.6 Å². The highest BCUT2D eigenvalue weighted by atomic mass is 16.2. The maximum absolute atomic E-state index is 11.2. The lowest BCUT2D eigenvalue weighted by atomic mass is 10.3. The fourth-order valence-corrected chi connectivity index (χ4v) is 0.911. The largest absolute Gasteiger partial charge is 0.337 e. The van der Waals surface area contributed by atoms with Crippen LogP contribution in [0.2, 0.25) is 0 Å². The Kier molecular flexibility index (Phi) is 4.04. The van der Waals surface area contributed by atoms with Crippen molar-refractivity contribution in [1.29, 1.82) is 0 Å². The van der Waals surface area contributed by atoms with Gasteiger partial charge in [-0.25, -0.2) is 4.79 Å². The summed E-state index contributed by atoms with van der Waals surface area (Å²) in [5, 5.41) is 0. The standard InChI is InChI=1S/C9H18NO/c1-5-7-8-10(3,4)9(11)6-2/h6H,2,5,7-8H2,1,3-4H3/q+1. The van der Waals surface area contributed by atoms with Crippen LogP contribution >= 0.6 is 0 Å². The summed E-state index contributed by atoms with van der Waals surface area (Å²) in [6, 6.07) is 0. The summed E-state index contributed by atoms with van der Waals surface area (Å²) in [7, 11) is 3.83. The molecule has 0 aliphatic heterocycles. The summed E-state index contributed by atoms with van der Waals surface area (Å²) in [5.41, 5.74) is 0. The van der Waals surface area contributed by atoms with E-state index < -0.39 is 0 Å². The quantitative estimate of drug-likeness (QED) is 0.446. The normalized spacial score (nSPS) is 11.2. The van der Waals surface area contributed by atoms with Crippen LogP contribution in [-0.4, -0.2) is 31.0 Å². The lowest BCUT2D eigenvalue weighted by molar-refractivity contribution is -0.811. The van der Waals surface area contributed by atoms with Crippen molar-refractivity contribution in [2.45, 2.75) is 19.8 Å². The number of carbonyl (C=O) groups excluding carboxylic acids is 1. The molecule has 0 atom stereocenters. The molecule has 64 valence electrons. The molecule has 0 saturated heterocycles. The Labute approximate surface area is 69.1 Å². The summed E-state index contributed by atoms with van der Waals surface area (Å²) in [4.78, 5) is 11.2. The molecule has 0 fully saturated rings. The van der Waals surface area contributed by atoms with Gasteiger partial charge in [0.25, 0.3) is 0 Å². The maximum atomic E-state index is 11.2. The molecule has 0 aromatic rings. The minimum atomic E-state index is 0.0958. The third-order valence-electron chi connectivity index (χ3n) is 1.84. The van der Waals surface area contributed by atoms with Gasteiger partial charge >= 0.3 is 5.91 Å². The first-order valence-corrected chi connectivity index (χ1v) is 4.04. The Hall–Kier alpha value is -0.630. The number of quaternary nitrogens is 1. The molecule has 0 bridgehead atoms. The third-order valence-corrected chi connectivity index (χ3v) is 1.84. The van der Waals surface area contributed by atoms with Crippen molar-refractivity contribution >= 4 is 5.91 Å². The summed E-state index contributed by atoms with van der Waals surface area (Å²) in [6.07, 6.45) is 3.62. The highest BCUT2D eigenvalue weighted by Crippen LogP contribution is 2.02. The lowest BCUT2D eigenvalue weighted by Crippen LogP contribution is -2.44. The fourth-order valence-electron chi connectivity index (χ4n) is 0.911. The van der Waals surface area contributed by atoms with E-state index in [2.05, 4.69) is 13.5 Å². The fraction of sp³-hybridized carbons (Fsp3) is 0.667. The summed E-state index contributed by atoms with van der Waals surface area (Å²) >= 11 is 0. The van der Waals surface area contributed by atoms with Gasteiger partial charge in [-0.2, -0.15) is 0 Å². The monoisotopic (exact) mass is 156 g/mol. The Morgan fingerprint density at radius 3 is 2.45 bits per heavy atom. The lowest BCUT2D eigenvalue weighted by Gasteiger charge is -2.24. The van der Waals surface area contributed by atoms with Crippen molar-refractivity contribution < 1.29 is 9.28 Å². The molecular formula is C9H18NO+. The second-order valence-corrected chi connectivity index (χ2v) is 3.30. The second kappa shape index (κ2) is 4.29. The molecule has 0 aromatic heterocycles. The van der Waals surface area contributed by atoms with Gasteiger partial charge in [0.2, 0.25) is 0 Å². The van der Waals surface area contributed by atoms with E-state index in [9.17, 15) is 4.79 Å². The zero-order valence-electron chi connectivity index (χ0n) is 7.76. The van der Waals surface area contributed by atoms with Crippen molar-refractivity contribution in [2.24, 2.45) is 0 Å². The van der Waals surface area contributed by atoms with Crippen LogP contribution in [0.1, 0.15) is 19.8 Å². The Bertz CT molecular complexity index is 150. The van der Waals surface area contributed by atoms with Gasteiger partial charge < -0.3 is 0 Å². The van der Waals surface area contributed by atoms with Gasteiger partial charge in [-0.15, -0.1) is 0 Å². The van der Waals surface area contributed by atoms with Crippen molar-refractivity contribution in [1.82, 2.24) is 0 Å². The summed E-state index contributed by atoms with van der Waals surface area (Å²) in [5.74, 6) is 0.0958. The number of hydrogen-bond acceptors (Lipinski definition) is 1. The van der Waals surface area contributed by atoms with Crippen LogP contribution in [0.3, 0.4) is 0 Å². The van der Waals surface area contributed by atoms with E-state index in [4.69, 9.17) is 0 Å². The number of nitrogens with zero attached hydrogens (tertiary/aromatic N) is 1. The Morgan fingerprint density at radius 2 is 2.09 bits per heavy atom. The number of amides is 1. The average molecular weight is 156 g/mol. The Balaban J connectivity index is 3.98. The van der Waals surface area contributed by atoms with Crippen LogP contribution in [0.4, 0.5) is 0 Å². The van der Waals surface area contributed by atoms with Crippen LogP contribution in [-0.2, 0) is 4.79 Å². The Morgan fingerprint density at radius 1 is 1.55 bits per heavy atom. The minimum absolute atomic E-state index is 0.0958. The molecule has 2 nitrogen and oxygen atoms in total. The number of likely N-dealkylation sites (N-methyl/N-ethyl adjacent to an activating group) is 1. The molecule has 0 spiro atoms. The van der Waals surface area contributed by atoms with Crippen LogP contribution in [0.5, 0.6) is 0 Å². The number of unbranched alkanes of at least 4 members (excludes halogenated alkanes) is 1. The van der Waals surface area contributed by atoms with Gasteiger partial charge in [0.15, 0.2) is 0 Å². The average Bonchev–Trinajstić information content (AvgIpc) is 1.99. The SMILES string of the molecule is C=CC(=O)[N+](C)(C)CCCC. The molecule has 0 unspecified atom stereocenters. The van der Waals surface area contributed by atoms with E-state index in [1.807, 2.05) is 14.1 Å². The molecule has 0 rings (SSSR count). The topological polar surface area (TPSA) is 17.1 Å². The molecule has 1 amide bonds. The van der Waals surface area contributed by atoms with Gasteiger partial charge in [-0.3, -0.25) is 4.48 Å². The van der Waals surface area contributed by atoms with Crippen LogP contribution in [0.25, 0.3) is 0 Å². The van der Waals surface area contributed by atoms with Gasteiger partial charge in [0.1, 0.15) is 0 Å². The molecule has 0 aliphatic carbocycles. The molecule has 2 heteroatoms. The molecule has 0 saturated carbocycles. The maximum Gasteiger partial charge on any atom is 0.337 e. The first kappa shape index (κ1) is 10.4. The molecule has 0 radical (unpaired) electrons. The van der Waals surface area contributed by atoms with Crippen molar-refractivity contribution in [3.8, 4) is 0 Å². The molecule has 0 N–H and O–H groups in total. The van der Waals surface area contributed by atoms with Crippen molar-refractivity contribution in [3.05, 3.63) is 12.7 Å². The van der Waals surface area contributed by atoms with Crippen LogP contribution in [0.15, 0.2) is 12.7 Å². The first-order chi connectivity index (χ1) is 5.04. The highest BCUT2D eigenvalue weighted by molar-refractivity contribution is 5.80. The number of hydrogen-bond donors (Lipinski definition) is 0. The van der Waals surface area contributed by atoms with Gasteiger partial charge in [-0.1, -0.05) is 19.9 Å². The molecule has 0 heterocycles. The third kappa shape index (κ3) is 3.33. The van der Waals surface area contributed by atoms with E-state index in [1.54, 1.807) is 0 Å². The smallest absolute Gasteiger partial charge is 0.261 e. The second-order valence-electron chi connectivity index (χ2n) is 3.30. The molecule has 11 heavy (non-hydrogen) atoms. The predicted molar refractivity (Wildman–Crippen MR) is 47.1 cm³/mol. The molecule has 0 aromatic carbocycles. The molecular weight excluding hydrogens is 138 g/mol. The number of rotatable bonds is 4. The van der Waals surface area contributed by atoms with E-state index in [0.717, 1.165) is 19.4 Å². The number of carbonyl (C=O) groups is 1. The summed E-state index contributed by atoms with van der Waals surface area (Å²) in [6.45, 7) is 6.50. The summed E-state index contributed by atoms with van der Waals surface area (Å²) < 4.78 is 0.428. The first-order valence-electron chi connectivity index (χ1n) is 4.04. The van der Waals surface area contributed by atoms with Gasteiger partial charge in [0, 0.05) is 6.08 Å². The minimum Gasteiger partial charge on any atom is -0.261 e. The van der Waals surface area contributed by atoms with Gasteiger partial charge in [-0.05, 0) is 6.42 Å². The van der Waals surface area contributed by atoms with Crippen LogP contribution in [0, 0.1) is 0 Å². The van der Waals surface area contributed by atoms with E-state index >= 15 is 0 Å². The van der Waals surface area contributed by atoms with Gasteiger partial charge in [0.05, 0.1) is 20.6 Å². The zero-order valence-corrected chi connectivity index (χ0v) is 7.76. The van der Waals surface area contributed by atoms with Crippen molar-refractivity contribution in [3.63, 3.8) is 0 Å². The van der Waals surface area contributed by atoms with E-state index in [-0.39, 0.29) is 5.91 Å². The van der Waals surface area contributed by atoms with E-state index in [0.29, 0.717) is 4.48 Å².